The van der Waals surface area contributed by atoms with Crippen LogP contribution in [-0.2, 0) is 6.54 Å². The lowest BCUT2D eigenvalue weighted by Gasteiger charge is -2.32. The van der Waals surface area contributed by atoms with Gasteiger partial charge in [-0.15, -0.1) is 0 Å². The molecule has 3 saturated heterocycles. The molecule has 6 rings (SSSR count). The molecule has 5 nitrogen and oxygen atoms in total. The Bertz CT molecular complexity index is 921. The molecule has 2 bridgehead atoms. The summed E-state index contributed by atoms with van der Waals surface area (Å²) in [6.45, 7) is 4.53. The summed E-state index contributed by atoms with van der Waals surface area (Å²) >= 11 is 0. The number of hydrogen-bond acceptors (Lipinski definition) is 4. The number of nitrogens with zero attached hydrogens (tertiary/aromatic N) is 5. The Morgan fingerprint density at radius 2 is 1.79 bits per heavy atom. The summed E-state index contributed by atoms with van der Waals surface area (Å²) in [7, 11) is 2.29. The van der Waals surface area contributed by atoms with E-state index >= 15 is 0 Å². The van der Waals surface area contributed by atoms with E-state index in [2.05, 4.69) is 64.4 Å². The minimum absolute atomic E-state index is 0.687. The number of piperidine rings is 1. The fraction of sp³-hybridized carbons (Fsp3) is 0.391. The lowest BCUT2D eigenvalue weighted by Crippen LogP contribution is -2.40. The maximum Gasteiger partial charge on any atom is 0.0973 e. The van der Waals surface area contributed by atoms with Gasteiger partial charge in [0.05, 0.1) is 11.4 Å². The van der Waals surface area contributed by atoms with Gasteiger partial charge in [-0.1, -0.05) is 18.2 Å². The molecular weight excluding hydrogens is 346 g/mol. The molecule has 3 aliphatic heterocycles. The van der Waals surface area contributed by atoms with Crippen molar-refractivity contribution in [3.8, 4) is 16.9 Å². The van der Waals surface area contributed by atoms with E-state index in [-0.39, 0.29) is 0 Å². The molecule has 0 amide bonds. The van der Waals surface area contributed by atoms with Gasteiger partial charge in [0, 0.05) is 61.9 Å². The van der Waals surface area contributed by atoms with Gasteiger partial charge in [0.15, 0.2) is 0 Å². The van der Waals surface area contributed by atoms with E-state index in [1.807, 2.05) is 23.1 Å². The van der Waals surface area contributed by atoms with E-state index in [0.29, 0.717) is 6.04 Å². The van der Waals surface area contributed by atoms with Gasteiger partial charge in [0.2, 0.25) is 0 Å². The van der Waals surface area contributed by atoms with Crippen molar-refractivity contribution in [2.45, 2.75) is 25.4 Å². The second kappa shape index (κ2) is 7.49. The highest BCUT2D eigenvalue weighted by Crippen LogP contribution is 2.30. The maximum atomic E-state index is 4.96. The predicted octanol–water partition coefficient (Wildman–Crippen LogP) is 3.46. The molecular formula is C23H27N5. The third kappa shape index (κ3) is 3.48. The highest BCUT2D eigenvalue weighted by atomic mass is 15.3. The Hall–Kier alpha value is -2.50. The van der Waals surface area contributed by atoms with Crippen molar-refractivity contribution in [3.05, 3.63) is 66.6 Å². The number of aromatic nitrogens is 3. The Morgan fingerprint density at radius 3 is 2.57 bits per heavy atom. The van der Waals surface area contributed by atoms with Gasteiger partial charge < -0.3 is 4.90 Å². The van der Waals surface area contributed by atoms with E-state index in [9.17, 15) is 0 Å². The number of fused-ring (bicyclic) bond motifs is 4. The van der Waals surface area contributed by atoms with Crippen molar-refractivity contribution < 1.29 is 0 Å². The minimum Gasteiger partial charge on any atom is -0.302 e. The van der Waals surface area contributed by atoms with Crippen LogP contribution in [0.15, 0.2) is 61.1 Å². The smallest absolute Gasteiger partial charge is 0.0973 e. The van der Waals surface area contributed by atoms with Gasteiger partial charge in [0.1, 0.15) is 0 Å². The average molecular weight is 374 g/mol. The Balaban J connectivity index is 1.48. The van der Waals surface area contributed by atoms with Crippen molar-refractivity contribution in [2.24, 2.45) is 5.92 Å². The van der Waals surface area contributed by atoms with Gasteiger partial charge in [-0.25, -0.2) is 4.68 Å². The summed E-state index contributed by atoms with van der Waals surface area (Å²) in [5, 5.41) is 4.96. The molecule has 1 aromatic carbocycles. The molecule has 144 valence electrons. The zero-order valence-corrected chi connectivity index (χ0v) is 16.4. The standard InChI is InChI=1S/C23H27N5/c1-26-13-18-7-8-22(26)17-27(14-18)15-20-16-28(21-5-3-2-4-6-21)25-23(20)19-9-11-24-12-10-19/h2-6,9-12,16,18,22H,7-8,13-15,17H2,1H3/t18-,22-/m1/s1. The molecule has 3 aromatic rings. The van der Waals surface area contributed by atoms with Gasteiger partial charge >= 0.3 is 0 Å². The van der Waals surface area contributed by atoms with E-state index in [1.54, 1.807) is 0 Å². The summed E-state index contributed by atoms with van der Waals surface area (Å²) in [4.78, 5) is 9.38. The summed E-state index contributed by atoms with van der Waals surface area (Å²) in [5.41, 5.74) is 4.59. The molecule has 5 heterocycles. The van der Waals surface area contributed by atoms with Gasteiger partial charge in [-0.05, 0) is 50.1 Å². The van der Waals surface area contributed by atoms with Crippen LogP contribution in [0.5, 0.6) is 0 Å². The van der Waals surface area contributed by atoms with Crippen molar-refractivity contribution in [3.63, 3.8) is 0 Å². The number of pyridine rings is 1. The molecule has 3 aliphatic rings. The Kier molecular flexibility index (Phi) is 4.71. The summed E-state index contributed by atoms with van der Waals surface area (Å²) in [6, 6.07) is 15.2. The second-order valence-corrected chi connectivity index (χ2v) is 8.25. The van der Waals surface area contributed by atoms with Gasteiger partial charge in [-0.2, -0.15) is 5.10 Å². The molecule has 3 fully saturated rings. The van der Waals surface area contributed by atoms with Crippen molar-refractivity contribution in [2.75, 3.05) is 26.7 Å². The molecule has 2 atom stereocenters. The molecule has 0 spiro atoms. The number of para-hydroxylation sites is 1. The van der Waals surface area contributed by atoms with Crippen LogP contribution in [-0.4, -0.2) is 57.3 Å². The van der Waals surface area contributed by atoms with Crippen molar-refractivity contribution in [1.29, 1.82) is 0 Å². The Labute approximate surface area is 166 Å². The highest BCUT2D eigenvalue weighted by molar-refractivity contribution is 5.62. The van der Waals surface area contributed by atoms with Gasteiger partial charge in [-0.3, -0.25) is 9.88 Å². The van der Waals surface area contributed by atoms with Crippen LogP contribution >= 0.6 is 0 Å². The molecule has 0 N–H and O–H groups in total. The molecule has 0 radical (unpaired) electrons. The first kappa shape index (κ1) is 17.6. The largest absolute Gasteiger partial charge is 0.302 e. The zero-order chi connectivity index (χ0) is 18.9. The summed E-state index contributed by atoms with van der Waals surface area (Å²) < 4.78 is 2.02. The molecule has 5 heteroatoms. The number of hydrogen-bond donors (Lipinski definition) is 0. The van der Waals surface area contributed by atoms with E-state index in [1.165, 1.54) is 31.5 Å². The zero-order valence-electron chi connectivity index (χ0n) is 16.4. The number of rotatable bonds is 4. The highest BCUT2D eigenvalue weighted by Gasteiger charge is 2.33. The summed E-state index contributed by atoms with van der Waals surface area (Å²) in [5.74, 6) is 0.789. The van der Waals surface area contributed by atoms with E-state index < -0.39 is 0 Å². The lowest BCUT2D eigenvalue weighted by atomic mass is 9.96. The average Bonchev–Trinajstić information content (AvgIpc) is 2.96. The quantitative estimate of drug-likeness (QED) is 0.702. The molecule has 0 aliphatic carbocycles. The van der Waals surface area contributed by atoms with Crippen LogP contribution in [0.4, 0.5) is 0 Å². The van der Waals surface area contributed by atoms with Crippen molar-refractivity contribution >= 4 is 0 Å². The first-order valence-electron chi connectivity index (χ1n) is 10.2. The van der Waals surface area contributed by atoms with Crippen LogP contribution in [0.1, 0.15) is 18.4 Å². The first-order chi connectivity index (χ1) is 13.8. The van der Waals surface area contributed by atoms with E-state index in [0.717, 1.165) is 36.0 Å². The fourth-order valence-corrected chi connectivity index (χ4v) is 4.77. The lowest BCUT2D eigenvalue weighted by molar-refractivity contribution is 0.165. The van der Waals surface area contributed by atoms with Crippen molar-refractivity contribution in [1.82, 2.24) is 24.6 Å². The third-order valence-corrected chi connectivity index (χ3v) is 6.22. The fourth-order valence-electron chi connectivity index (χ4n) is 4.77. The van der Waals surface area contributed by atoms with Crippen LogP contribution in [0.3, 0.4) is 0 Å². The molecule has 0 unspecified atom stereocenters. The molecule has 28 heavy (non-hydrogen) atoms. The molecule has 0 saturated carbocycles. The molecule has 2 aromatic heterocycles. The minimum atomic E-state index is 0.687. The van der Waals surface area contributed by atoms with Crippen LogP contribution in [0, 0.1) is 5.92 Å². The number of benzene rings is 1. The predicted molar refractivity (Wildman–Crippen MR) is 111 cm³/mol. The van der Waals surface area contributed by atoms with E-state index in [4.69, 9.17) is 5.10 Å². The van der Waals surface area contributed by atoms with Crippen LogP contribution in [0.25, 0.3) is 16.9 Å². The third-order valence-electron chi connectivity index (χ3n) is 6.22. The van der Waals surface area contributed by atoms with Gasteiger partial charge in [0.25, 0.3) is 0 Å². The SMILES string of the molecule is CN1C[C@H]2CC[C@@H]1CN(Cc1cn(-c3ccccc3)nc1-c1ccncc1)C2. The Morgan fingerprint density at radius 1 is 0.964 bits per heavy atom. The van der Waals surface area contributed by atoms with Crippen LogP contribution in [0.2, 0.25) is 0 Å². The summed E-state index contributed by atoms with van der Waals surface area (Å²) in [6.07, 6.45) is 8.61. The number of likely N-dealkylation sites (N-methyl/N-ethyl adjacent to an activating group) is 1. The topological polar surface area (TPSA) is 37.2 Å². The van der Waals surface area contributed by atoms with Crippen LogP contribution < -0.4 is 0 Å². The first-order valence-corrected chi connectivity index (χ1v) is 10.2. The monoisotopic (exact) mass is 373 g/mol. The second-order valence-electron chi connectivity index (χ2n) is 8.25. The normalized spacial score (nSPS) is 23.0. The maximum absolute atomic E-state index is 4.96.